The Morgan fingerprint density at radius 3 is 2.45 bits per heavy atom. The Bertz CT molecular complexity index is 1280. The van der Waals surface area contributed by atoms with Gasteiger partial charge in [0, 0.05) is 43.0 Å². The van der Waals surface area contributed by atoms with Gasteiger partial charge in [0.25, 0.3) is 0 Å². The molecule has 0 bridgehead atoms. The van der Waals surface area contributed by atoms with Gasteiger partial charge in [0.15, 0.2) is 0 Å². The first-order valence-electron chi connectivity index (χ1n) is 10.2. The van der Waals surface area contributed by atoms with Gasteiger partial charge in [-0.15, -0.1) is 0 Å². The Morgan fingerprint density at radius 1 is 1.12 bits per heavy atom. The molecular formula is C22H28N6O4S. The summed E-state index contributed by atoms with van der Waals surface area (Å²) in [5, 5.41) is 0. The van der Waals surface area contributed by atoms with E-state index in [9.17, 15) is 13.0 Å². The zero-order valence-corrected chi connectivity index (χ0v) is 19.6. The number of hydrogen-bond acceptors (Lipinski definition) is 8. The SMILES string of the molecule is CCOc1cc(Cc2cnc(N)nc2N)cc(CN(C)S(=O)(=O)O)c1-c1ccc(C)c(N)c1. The Balaban J connectivity index is 2.19. The van der Waals surface area contributed by atoms with Crippen molar-refractivity contribution in [2.24, 2.45) is 0 Å². The maximum Gasteiger partial charge on any atom is 0.335 e. The molecule has 33 heavy (non-hydrogen) atoms. The molecule has 0 aliphatic carbocycles. The average Bonchev–Trinajstić information content (AvgIpc) is 2.72. The first kappa shape index (κ1) is 24.2. The fraction of sp³-hybridized carbons (Fsp3) is 0.273. The molecular weight excluding hydrogens is 444 g/mol. The van der Waals surface area contributed by atoms with Crippen LogP contribution in [0.5, 0.6) is 5.75 Å². The summed E-state index contributed by atoms with van der Waals surface area (Å²) >= 11 is 0. The number of anilines is 3. The molecule has 0 atom stereocenters. The fourth-order valence-electron chi connectivity index (χ4n) is 3.47. The molecule has 11 heteroatoms. The second-order valence-electron chi connectivity index (χ2n) is 7.68. The van der Waals surface area contributed by atoms with Gasteiger partial charge in [-0.25, -0.2) is 4.98 Å². The lowest BCUT2D eigenvalue weighted by molar-refractivity contribution is 0.340. The predicted molar refractivity (Wildman–Crippen MR) is 129 cm³/mol. The van der Waals surface area contributed by atoms with Gasteiger partial charge >= 0.3 is 10.3 Å². The predicted octanol–water partition coefficient (Wildman–Crippen LogP) is 2.42. The van der Waals surface area contributed by atoms with E-state index in [1.807, 2.05) is 44.2 Å². The van der Waals surface area contributed by atoms with Crippen LogP contribution in [0.2, 0.25) is 0 Å². The minimum absolute atomic E-state index is 0.0778. The second-order valence-corrected chi connectivity index (χ2v) is 9.20. The van der Waals surface area contributed by atoms with Crippen molar-refractivity contribution in [1.82, 2.24) is 14.3 Å². The van der Waals surface area contributed by atoms with Crippen LogP contribution in [-0.4, -0.2) is 40.9 Å². The van der Waals surface area contributed by atoms with E-state index in [1.54, 1.807) is 6.20 Å². The molecule has 10 nitrogen and oxygen atoms in total. The summed E-state index contributed by atoms with van der Waals surface area (Å²) in [6.45, 7) is 4.05. The van der Waals surface area contributed by atoms with Crippen LogP contribution >= 0.6 is 0 Å². The van der Waals surface area contributed by atoms with E-state index in [0.29, 0.717) is 41.2 Å². The van der Waals surface area contributed by atoms with Crippen molar-refractivity contribution in [3.63, 3.8) is 0 Å². The van der Waals surface area contributed by atoms with Crippen LogP contribution in [0.3, 0.4) is 0 Å². The van der Waals surface area contributed by atoms with E-state index < -0.39 is 10.3 Å². The highest BCUT2D eigenvalue weighted by molar-refractivity contribution is 7.83. The molecule has 0 unspecified atom stereocenters. The lowest BCUT2D eigenvalue weighted by atomic mass is 9.93. The lowest BCUT2D eigenvalue weighted by Crippen LogP contribution is -2.25. The summed E-state index contributed by atoms with van der Waals surface area (Å²) in [6, 6.07) is 9.30. The number of nitrogens with two attached hydrogens (primary N) is 3. The smallest absolute Gasteiger partial charge is 0.335 e. The van der Waals surface area contributed by atoms with Crippen molar-refractivity contribution >= 4 is 27.8 Å². The van der Waals surface area contributed by atoms with Crippen LogP contribution in [0.15, 0.2) is 36.5 Å². The van der Waals surface area contributed by atoms with Crippen molar-refractivity contribution in [3.8, 4) is 16.9 Å². The number of benzene rings is 2. The van der Waals surface area contributed by atoms with Crippen LogP contribution < -0.4 is 21.9 Å². The number of aromatic nitrogens is 2. The van der Waals surface area contributed by atoms with Crippen LogP contribution in [0.25, 0.3) is 11.1 Å². The summed E-state index contributed by atoms with van der Waals surface area (Å²) in [7, 11) is -3.12. The summed E-state index contributed by atoms with van der Waals surface area (Å²) < 4.78 is 39.8. The first-order valence-corrected chi connectivity index (χ1v) is 11.6. The zero-order chi connectivity index (χ0) is 24.3. The van der Waals surface area contributed by atoms with Crippen LogP contribution in [0.1, 0.15) is 29.2 Å². The van der Waals surface area contributed by atoms with Crippen molar-refractivity contribution in [3.05, 3.63) is 58.8 Å². The molecule has 0 radical (unpaired) electrons. The molecule has 176 valence electrons. The molecule has 0 aliphatic heterocycles. The minimum atomic E-state index is -4.41. The van der Waals surface area contributed by atoms with Crippen molar-refractivity contribution in [2.75, 3.05) is 30.9 Å². The Kier molecular flexibility index (Phi) is 7.06. The Morgan fingerprint density at radius 2 is 1.85 bits per heavy atom. The van der Waals surface area contributed by atoms with E-state index in [0.717, 1.165) is 21.0 Å². The van der Waals surface area contributed by atoms with Crippen LogP contribution in [-0.2, 0) is 23.3 Å². The summed E-state index contributed by atoms with van der Waals surface area (Å²) in [6.07, 6.45) is 1.92. The van der Waals surface area contributed by atoms with Gasteiger partial charge in [-0.3, -0.25) is 4.55 Å². The van der Waals surface area contributed by atoms with Crippen molar-refractivity contribution < 1.29 is 17.7 Å². The lowest BCUT2D eigenvalue weighted by Gasteiger charge is -2.21. The largest absolute Gasteiger partial charge is 0.493 e. The standard InChI is InChI=1S/C22H28N6O4S/c1-4-32-19-9-14(7-16-11-26-22(25)27-21(16)24)8-17(12-28(3)33(29,30)31)20(19)15-6-5-13(2)18(23)10-15/h5-6,8-11H,4,7,12,23H2,1-3H3,(H,29,30,31)(H4,24,25,26,27). The second kappa shape index (κ2) is 9.61. The summed E-state index contributed by atoms with van der Waals surface area (Å²) in [5.74, 6) is 0.883. The van der Waals surface area contributed by atoms with E-state index in [4.69, 9.17) is 21.9 Å². The topological polar surface area (TPSA) is 171 Å². The van der Waals surface area contributed by atoms with E-state index in [-0.39, 0.29) is 18.3 Å². The third kappa shape index (κ3) is 5.69. The minimum Gasteiger partial charge on any atom is -0.493 e. The van der Waals surface area contributed by atoms with Gasteiger partial charge in [0.2, 0.25) is 5.95 Å². The molecule has 0 saturated carbocycles. The number of hydrogen-bond donors (Lipinski definition) is 4. The van der Waals surface area contributed by atoms with Crippen LogP contribution in [0.4, 0.5) is 17.5 Å². The van der Waals surface area contributed by atoms with E-state index >= 15 is 0 Å². The third-order valence-corrected chi connectivity index (χ3v) is 6.13. The number of nitrogens with zero attached hydrogens (tertiary/aromatic N) is 3. The Labute approximate surface area is 193 Å². The molecule has 0 fully saturated rings. The molecule has 3 rings (SSSR count). The number of rotatable bonds is 8. The van der Waals surface area contributed by atoms with Gasteiger partial charge in [0.05, 0.1) is 6.61 Å². The summed E-state index contributed by atoms with van der Waals surface area (Å²) in [5.41, 5.74) is 22.8. The van der Waals surface area contributed by atoms with Gasteiger partial charge in [-0.1, -0.05) is 18.2 Å². The highest BCUT2D eigenvalue weighted by atomic mass is 32.2. The molecule has 0 spiro atoms. The molecule has 1 heterocycles. The quantitative estimate of drug-likeness (QED) is 0.284. The van der Waals surface area contributed by atoms with Gasteiger partial charge in [-0.05, 0) is 48.2 Å². The first-order chi connectivity index (χ1) is 15.5. The highest BCUT2D eigenvalue weighted by Gasteiger charge is 2.21. The molecule has 0 amide bonds. The summed E-state index contributed by atoms with van der Waals surface area (Å²) in [4.78, 5) is 8.00. The number of aryl methyl sites for hydroxylation is 1. The maximum atomic E-state index is 11.7. The molecule has 7 N–H and O–H groups in total. The van der Waals surface area contributed by atoms with Crippen molar-refractivity contribution in [2.45, 2.75) is 26.8 Å². The highest BCUT2D eigenvalue weighted by Crippen LogP contribution is 2.38. The normalized spacial score (nSPS) is 11.7. The van der Waals surface area contributed by atoms with Crippen molar-refractivity contribution in [1.29, 1.82) is 0 Å². The molecule has 2 aromatic carbocycles. The molecule has 0 saturated heterocycles. The Hall–Kier alpha value is -3.41. The average molecular weight is 473 g/mol. The number of nitrogen functional groups attached to an aromatic ring is 3. The molecule has 3 aromatic rings. The molecule has 1 aromatic heterocycles. The fourth-order valence-corrected chi connectivity index (χ4v) is 3.77. The maximum absolute atomic E-state index is 11.7. The van der Waals surface area contributed by atoms with E-state index in [2.05, 4.69) is 9.97 Å². The van der Waals surface area contributed by atoms with Gasteiger partial charge in [0.1, 0.15) is 11.6 Å². The third-order valence-electron chi connectivity index (χ3n) is 5.21. The van der Waals surface area contributed by atoms with Crippen LogP contribution in [0, 0.1) is 6.92 Å². The zero-order valence-electron chi connectivity index (χ0n) is 18.7. The monoisotopic (exact) mass is 472 g/mol. The molecule has 0 aliphatic rings. The number of ether oxygens (including phenoxy) is 1. The van der Waals surface area contributed by atoms with E-state index in [1.165, 1.54) is 7.05 Å². The van der Waals surface area contributed by atoms with Gasteiger partial charge in [-0.2, -0.15) is 17.7 Å². The van der Waals surface area contributed by atoms with Gasteiger partial charge < -0.3 is 21.9 Å².